The number of guanidine groups is 1. The number of anilines is 1. The number of nitrogens with zero attached hydrogens (tertiary/aromatic N) is 4. The number of piperidine rings is 1. The molecule has 0 unspecified atom stereocenters. The molecule has 1 spiro atoms. The van der Waals surface area contributed by atoms with E-state index < -0.39 is 0 Å². The molecule has 0 radical (unpaired) electrons. The highest BCUT2D eigenvalue weighted by molar-refractivity contribution is 5.79. The van der Waals surface area contributed by atoms with Crippen LogP contribution in [0.2, 0.25) is 0 Å². The molecule has 29 heavy (non-hydrogen) atoms. The fourth-order valence-corrected chi connectivity index (χ4v) is 5.12. The summed E-state index contributed by atoms with van der Waals surface area (Å²) in [5, 5.41) is 0. The van der Waals surface area contributed by atoms with E-state index in [0.29, 0.717) is 17.2 Å². The van der Waals surface area contributed by atoms with Crippen molar-refractivity contribution in [3.63, 3.8) is 0 Å². The van der Waals surface area contributed by atoms with E-state index in [-0.39, 0.29) is 0 Å². The molecule has 0 bridgehead atoms. The number of likely N-dealkylation sites (tertiary alicyclic amines) is 1. The first kappa shape index (κ1) is 18.0. The minimum absolute atomic E-state index is 0.405. The molecule has 2 aliphatic heterocycles. The minimum atomic E-state index is 0.405. The summed E-state index contributed by atoms with van der Waals surface area (Å²) < 4.78 is 0. The Bertz CT molecular complexity index is 944. The number of pyridine rings is 1. The molecule has 1 aromatic heterocycles. The highest BCUT2D eigenvalue weighted by atomic mass is 15.3. The Kier molecular flexibility index (Phi) is 4.42. The number of nitrogens with two attached hydrogens (primary N) is 2. The number of fused-ring (bicyclic) bond motifs is 2. The van der Waals surface area contributed by atoms with E-state index in [4.69, 9.17) is 11.5 Å². The van der Waals surface area contributed by atoms with E-state index in [1.54, 1.807) is 12.4 Å². The van der Waals surface area contributed by atoms with Crippen LogP contribution in [0.25, 0.3) is 0 Å². The zero-order valence-electron chi connectivity index (χ0n) is 16.7. The molecule has 1 aliphatic carbocycles. The number of benzene rings is 1. The lowest BCUT2D eigenvalue weighted by Crippen LogP contribution is -2.46. The van der Waals surface area contributed by atoms with Crippen molar-refractivity contribution in [2.24, 2.45) is 21.9 Å². The monoisotopic (exact) mass is 388 g/mol. The van der Waals surface area contributed by atoms with Crippen LogP contribution in [0.4, 0.5) is 5.69 Å². The molecule has 3 aliphatic rings. The third kappa shape index (κ3) is 3.33. The molecule has 1 fully saturated rings. The van der Waals surface area contributed by atoms with Crippen LogP contribution in [0.5, 0.6) is 0 Å². The van der Waals surface area contributed by atoms with Crippen LogP contribution < -0.4 is 16.4 Å². The second kappa shape index (κ2) is 7.10. The summed E-state index contributed by atoms with van der Waals surface area (Å²) in [7, 11) is 0. The number of hydrogen-bond acceptors (Lipinski definition) is 4. The van der Waals surface area contributed by atoms with Crippen molar-refractivity contribution >= 4 is 11.6 Å². The number of hydrogen-bond donors (Lipinski definition) is 2. The molecule has 2 aromatic rings. The highest BCUT2D eigenvalue weighted by Crippen LogP contribution is 2.44. The second-order valence-electron chi connectivity index (χ2n) is 8.56. The lowest BCUT2D eigenvalue weighted by molar-refractivity contribution is 0.157. The van der Waals surface area contributed by atoms with Gasteiger partial charge in [0, 0.05) is 37.7 Å². The van der Waals surface area contributed by atoms with Crippen molar-refractivity contribution in [2.45, 2.75) is 32.1 Å². The Balaban J connectivity index is 1.23. The van der Waals surface area contributed by atoms with Gasteiger partial charge >= 0.3 is 0 Å². The van der Waals surface area contributed by atoms with Crippen LogP contribution in [0.3, 0.4) is 0 Å². The van der Waals surface area contributed by atoms with Gasteiger partial charge in [-0.15, -0.1) is 0 Å². The summed E-state index contributed by atoms with van der Waals surface area (Å²) in [5.74, 6) is 1.19. The van der Waals surface area contributed by atoms with Crippen LogP contribution in [0.15, 0.2) is 59.7 Å². The first-order valence-corrected chi connectivity index (χ1v) is 10.4. The van der Waals surface area contributed by atoms with Gasteiger partial charge in [0.2, 0.25) is 0 Å². The molecule has 1 saturated heterocycles. The van der Waals surface area contributed by atoms with Crippen LogP contribution in [-0.4, -0.2) is 35.5 Å². The van der Waals surface area contributed by atoms with Crippen molar-refractivity contribution in [1.82, 2.24) is 9.88 Å². The largest absolute Gasteiger partial charge is 0.384 e. The quantitative estimate of drug-likeness (QED) is 0.610. The average molecular weight is 389 g/mol. The lowest BCUT2D eigenvalue weighted by atomic mass is 9.76. The maximum absolute atomic E-state index is 6.31. The normalized spacial score (nSPS) is 20.8. The zero-order valence-corrected chi connectivity index (χ0v) is 16.7. The standard InChI is InChI=1S/C23H28N6/c24-21(29-10-6-19-15-26-9-5-20(19)29)16-27-22(25)28-11-7-23(8-12-28)13-17-3-1-2-4-18(17)14-23/h1-5,9,15-16H,6-8,10-14,24H2,(H2,25,27)/b21-16+. The van der Waals surface area contributed by atoms with E-state index in [2.05, 4.69) is 44.0 Å². The molecule has 6 heteroatoms. The summed E-state index contributed by atoms with van der Waals surface area (Å²) in [6, 6.07) is 10.9. The molecule has 1 aromatic carbocycles. The Hall–Kier alpha value is -3.02. The third-order valence-corrected chi connectivity index (χ3v) is 6.81. The van der Waals surface area contributed by atoms with Crippen LogP contribution in [0.1, 0.15) is 29.5 Å². The maximum Gasteiger partial charge on any atom is 0.196 e. The lowest BCUT2D eigenvalue weighted by Gasteiger charge is -2.39. The van der Waals surface area contributed by atoms with Crippen molar-refractivity contribution in [1.29, 1.82) is 0 Å². The summed E-state index contributed by atoms with van der Waals surface area (Å²) in [4.78, 5) is 13.0. The molecule has 5 rings (SSSR count). The minimum Gasteiger partial charge on any atom is -0.384 e. The van der Waals surface area contributed by atoms with E-state index in [1.165, 1.54) is 29.5 Å². The SMILES string of the molecule is N/C(=C\N=C(/N)N1CCC2(CC1)Cc1ccccc1C2)N1CCc2cnccc21. The van der Waals surface area contributed by atoms with Gasteiger partial charge in [-0.3, -0.25) is 4.98 Å². The van der Waals surface area contributed by atoms with Gasteiger partial charge in [-0.25, -0.2) is 4.99 Å². The first-order chi connectivity index (χ1) is 14.1. The predicted molar refractivity (Wildman–Crippen MR) is 116 cm³/mol. The molecule has 150 valence electrons. The smallest absolute Gasteiger partial charge is 0.196 e. The van der Waals surface area contributed by atoms with Gasteiger partial charge < -0.3 is 21.3 Å². The molecule has 3 heterocycles. The molecular weight excluding hydrogens is 360 g/mol. The number of aromatic nitrogens is 1. The van der Waals surface area contributed by atoms with E-state index >= 15 is 0 Å². The number of rotatable bonds is 2. The van der Waals surface area contributed by atoms with Crippen LogP contribution >= 0.6 is 0 Å². The summed E-state index contributed by atoms with van der Waals surface area (Å²) in [6.07, 6.45) is 11.1. The topological polar surface area (TPSA) is 83.8 Å². The summed E-state index contributed by atoms with van der Waals surface area (Å²) >= 11 is 0. The highest BCUT2D eigenvalue weighted by Gasteiger charge is 2.39. The predicted octanol–water partition coefficient (Wildman–Crippen LogP) is 2.40. The molecule has 6 nitrogen and oxygen atoms in total. The van der Waals surface area contributed by atoms with Crippen molar-refractivity contribution < 1.29 is 0 Å². The summed E-state index contributed by atoms with van der Waals surface area (Å²) in [5.41, 5.74) is 18.4. The van der Waals surface area contributed by atoms with Gasteiger partial charge in [-0.2, -0.15) is 0 Å². The molecule has 4 N–H and O–H groups in total. The zero-order chi connectivity index (χ0) is 19.8. The fraction of sp³-hybridized carbons (Fsp3) is 0.391. The molecular formula is C23H28N6. The number of aliphatic imine (C=N–C) groups is 1. The molecule has 0 saturated carbocycles. The Morgan fingerprint density at radius 2 is 1.72 bits per heavy atom. The van der Waals surface area contributed by atoms with Gasteiger partial charge in [0.05, 0.1) is 6.20 Å². The second-order valence-corrected chi connectivity index (χ2v) is 8.56. The maximum atomic E-state index is 6.31. The van der Waals surface area contributed by atoms with Crippen molar-refractivity contribution in [3.05, 3.63) is 71.4 Å². The van der Waals surface area contributed by atoms with Gasteiger partial charge in [-0.05, 0) is 60.3 Å². The van der Waals surface area contributed by atoms with E-state index in [9.17, 15) is 0 Å². The summed E-state index contributed by atoms with van der Waals surface area (Å²) in [6.45, 7) is 2.76. The van der Waals surface area contributed by atoms with Crippen molar-refractivity contribution in [3.8, 4) is 0 Å². The molecule has 0 atom stereocenters. The van der Waals surface area contributed by atoms with E-state index in [0.717, 1.165) is 44.6 Å². The van der Waals surface area contributed by atoms with Crippen molar-refractivity contribution in [2.75, 3.05) is 24.5 Å². The van der Waals surface area contributed by atoms with E-state index in [1.807, 2.05) is 12.3 Å². The van der Waals surface area contributed by atoms with Gasteiger partial charge in [0.25, 0.3) is 0 Å². The fourth-order valence-electron chi connectivity index (χ4n) is 5.12. The first-order valence-electron chi connectivity index (χ1n) is 10.4. The van der Waals surface area contributed by atoms with Gasteiger partial charge in [-0.1, -0.05) is 24.3 Å². The van der Waals surface area contributed by atoms with Crippen LogP contribution in [-0.2, 0) is 19.3 Å². The average Bonchev–Trinajstić information content (AvgIpc) is 3.33. The molecule has 0 amide bonds. The van der Waals surface area contributed by atoms with Gasteiger partial charge in [0.1, 0.15) is 5.82 Å². The Morgan fingerprint density at radius 1 is 1.00 bits per heavy atom. The Labute approximate surface area is 171 Å². The third-order valence-electron chi connectivity index (χ3n) is 6.81. The van der Waals surface area contributed by atoms with Gasteiger partial charge in [0.15, 0.2) is 5.96 Å². The van der Waals surface area contributed by atoms with Crippen LogP contribution in [0, 0.1) is 5.41 Å². The Morgan fingerprint density at radius 3 is 2.45 bits per heavy atom.